The van der Waals surface area contributed by atoms with Crippen LogP contribution in [-0.4, -0.2) is 32.0 Å². The highest BCUT2D eigenvalue weighted by atomic mass is 32.2. The van der Waals surface area contributed by atoms with Crippen LogP contribution in [0.1, 0.15) is 26.5 Å². The van der Waals surface area contributed by atoms with Crippen molar-refractivity contribution in [2.24, 2.45) is 0 Å². The Balaban J connectivity index is 2.00. The molecule has 136 valence electrons. The van der Waals surface area contributed by atoms with Gasteiger partial charge in [0.2, 0.25) is 5.91 Å². The first-order chi connectivity index (χ1) is 12.5. The van der Waals surface area contributed by atoms with Crippen LogP contribution in [0.25, 0.3) is 17.1 Å². The number of carbonyl (C=O) groups is 1. The van der Waals surface area contributed by atoms with Crippen molar-refractivity contribution in [3.05, 3.63) is 48.4 Å². The summed E-state index contributed by atoms with van der Waals surface area (Å²) in [5.41, 5.74) is 1.82. The molecule has 2 heterocycles. The molecule has 7 heteroatoms. The van der Waals surface area contributed by atoms with Crippen LogP contribution >= 0.6 is 11.8 Å². The Kier molecular flexibility index (Phi) is 5.46. The Labute approximate surface area is 157 Å². The van der Waals surface area contributed by atoms with Gasteiger partial charge in [-0.25, -0.2) is 0 Å². The highest BCUT2D eigenvalue weighted by Crippen LogP contribution is 2.31. The quantitative estimate of drug-likeness (QED) is 0.668. The fourth-order valence-corrected chi connectivity index (χ4v) is 3.44. The smallest absolute Gasteiger partial charge is 0.233 e. The maximum absolute atomic E-state index is 12.3. The standard InChI is InChI=1S/C19H22N4O2S/c1-12(2)20-18(24)14(4)26-19-22-21-17(16-10-11-25-13(16)3)23(19)15-8-6-5-7-9-15/h5-12,14H,1-4H3,(H,20,24)/t14-/m1/s1. The van der Waals surface area contributed by atoms with Crippen LogP contribution < -0.4 is 5.32 Å². The molecule has 1 aromatic carbocycles. The van der Waals surface area contributed by atoms with E-state index in [1.807, 2.05) is 68.7 Å². The summed E-state index contributed by atoms with van der Waals surface area (Å²) in [5, 5.41) is 12.0. The van der Waals surface area contributed by atoms with Crippen LogP contribution in [0, 0.1) is 6.92 Å². The number of nitrogens with one attached hydrogen (secondary N) is 1. The van der Waals surface area contributed by atoms with E-state index < -0.39 is 0 Å². The summed E-state index contributed by atoms with van der Waals surface area (Å²) in [6.07, 6.45) is 1.64. The van der Waals surface area contributed by atoms with Crippen molar-refractivity contribution in [3.8, 4) is 17.1 Å². The fraction of sp³-hybridized carbons (Fsp3) is 0.316. The highest BCUT2D eigenvalue weighted by Gasteiger charge is 2.23. The lowest BCUT2D eigenvalue weighted by Crippen LogP contribution is -2.36. The lowest BCUT2D eigenvalue weighted by molar-refractivity contribution is -0.120. The third kappa shape index (κ3) is 3.83. The van der Waals surface area contributed by atoms with Gasteiger partial charge in [-0.1, -0.05) is 30.0 Å². The van der Waals surface area contributed by atoms with Crippen LogP contribution in [-0.2, 0) is 4.79 Å². The van der Waals surface area contributed by atoms with E-state index in [9.17, 15) is 4.79 Å². The second-order valence-electron chi connectivity index (χ2n) is 6.29. The van der Waals surface area contributed by atoms with Gasteiger partial charge in [0.15, 0.2) is 11.0 Å². The van der Waals surface area contributed by atoms with E-state index in [0.29, 0.717) is 11.0 Å². The summed E-state index contributed by atoms with van der Waals surface area (Å²) in [5.74, 6) is 1.45. The van der Waals surface area contributed by atoms with Crippen molar-refractivity contribution in [3.63, 3.8) is 0 Å². The van der Waals surface area contributed by atoms with Gasteiger partial charge in [-0.2, -0.15) is 0 Å². The molecule has 0 spiro atoms. The summed E-state index contributed by atoms with van der Waals surface area (Å²) in [6, 6.07) is 11.8. The maximum Gasteiger partial charge on any atom is 0.233 e. The molecule has 0 aliphatic rings. The first kappa shape index (κ1) is 18.3. The molecule has 1 amide bonds. The average molecular weight is 370 g/mol. The molecule has 0 unspecified atom stereocenters. The predicted octanol–water partition coefficient (Wildman–Crippen LogP) is 3.84. The number of rotatable bonds is 6. The van der Waals surface area contributed by atoms with E-state index in [1.54, 1.807) is 6.26 Å². The minimum absolute atomic E-state index is 0.0198. The summed E-state index contributed by atoms with van der Waals surface area (Å²) >= 11 is 1.39. The SMILES string of the molecule is Cc1occc1-c1nnc(S[C@H](C)C(=O)NC(C)C)n1-c1ccccc1. The van der Waals surface area contributed by atoms with E-state index in [2.05, 4.69) is 15.5 Å². The van der Waals surface area contributed by atoms with Crippen LogP contribution in [0.3, 0.4) is 0 Å². The van der Waals surface area contributed by atoms with E-state index >= 15 is 0 Å². The van der Waals surface area contributed by atoms with Crippen molar-refractivity contribution < 1.29 is 9.21 Å². The third-order valence-electron chi connectivity index (χ3n) is 3.83. The first-order valence-corrected chi connectivity index (χ1v) is 9.37. The molecule has 6 nitrogen and oxygen atoms in total. The zero-order valence-electron chi connectivity index (χ0n) is 15.3. The molecular weight excluding hydrogens is 348 g/mol. The Morgan fingerprint density at radius 3 is 2.50 bits per heavy atom. The molecule has 0 aliphatic heterocycles. The van der Waals surface area contributed by atoms with Gasteiger partial charge in [0, 0.05) is 11.7 Å². The number of aryl methyl sites for hydroxylation is 1. The normalized spacial score (nSPS) is 12.3. The van der Waals surface area contributed by atoms with Crippen molar-refractivity contribution in [1.29, 1.82) is 0 Å². The zero-order valence-corrected chi connectivity index (χ0v) is 16.1. The molecule has 26 heavy (non-hydrogen) atoms. The summed E-state index contributed by atoms with van der Waals surface area (Å²) in [4.78, 5) is 12.3. The van der Waals surface area contributed by atoms with Gasteiger partial charge in [-0.05, 0) is 45.9 Å². The zero-order chi connectivity index (χ0) is 18.7. The maximum atomic E-state index is 12.3. The van der Waals surface area contributed by atoms with Crippen LogP contribution in [0.4, 0.5) is 0 Å². The molecular formula is C19H22N4O2S. The lowest BCUT2D eigenvalue weighted by atomic mass is 10.2. The van der Waals surface area contributed by atoms with Crippen molar-refractivity contribution in [2.75, 3.05) is 0 Å². The number of nitrogens with zero attached hydrogens (tertiary/aromatic N) is 3. The monoisotopic (exact) mass is 370 g/mol. The molecule has 0 saturated heterocycles. The molecule has 1 N–H and O–H groups in total. The number of hydrogen-bond acceptors (Lipinski definition) is 5. The topological polar surface area (TPSA) is 72.9 Å². The molecule has 0 saturated carbocycles. The number of para-hydroxylation sites is 1. The van der Waals surface area contributed by atoms with Crippen molar-refractivity contribution in [2.45, 2.75) is 44.1 Å². The van der Waals surface area contributed by atoms with Gasteiger partial charge >= 0.3 is 0 Å². The Hall–Kier alpha value is -2.54. The van der Waals surface area contributed by atoms with Crippen molar-refractivity contribution >= 4 is 17.7 Å². The van der Waals surface area contributed by atoms with Gasteiger partial charge < -0.3 is 9.73 Å². The van der Waals surface area contributed by atoms with E-state index in [4.69, 9.17) is 4.42 Å². The second kappa shape index (κ2) is 7.78. The van der Waals surface area contributed by atoms with Gasteiger partial charge in [0.05, 0.1) is 17.1 Å². The van der Waals surface area contributed by atoms with Gasteiger partial charge in [0.1, 0.15) is 5.76 Å². The number of hydrogen-bond donors (Lipinski definition) is 1. The fourth-order valence-electron chi connectivity index (χ4n) is 2.56. The highest BCUT2D eigenvalue weighted by molar-refractivity contribution is 8.00. The molecule has 0 fully saturated rings. The Morgan fingerprint density at radius 1 is 1.15 bits per heavy atom. The van der Waals surface area contributed by atoms with Gasteiger partial charge in [-0.3, -0.25) is 9.36 Å². The minimum atomic E-state index is -0.289. The minimum Gasteiger partial charge on any atom is -0.469 e. The van der Waals surface area contributed by atoms with E-state index in [0.717, 1.165) is 17.0 Å². The molecule has 0 bridgehead atoms. The number of carbonyl (C=O) groups excluding carboxylic acids is 1. The molecule has 2 aromatic heterocycles. The Bertz CT molecular complexity index is 886. The molecule has 3 rings (SSSR count). The van der Waals surface area contributed by atoms with Gasteiger partial charge in [0.25, 0.3) is 0 Å². The summed E-state index contributed by atoms with van der Waals surface area (Å²) in [7, 11) is 0. The molecule has 0 aliphatic carbocycles. The van der Waals surface area contributed by atoms with E-state index in [1.165, 1.54) is 11.8 Å². The van der Waals surface area contributed by atoms with Crippen LogP contribution in [0.5, 0.6) is 0 Å². The largest absolute Gasteiger partial charge is 0.469 e. The van der Waals surface area contributed by atoms with Crippen LogP contribution in [0.2, 0.25) is 0 Å². The van der Waals surface area contributed by atoms with Gasteiger partial charge in [-0.15, -0.1) is 10.2 Å². The summed E-state index contributed by atoms with van der Waals surface area (Å²) < 4.78 is 7.39. The second-order valence-corrected chi connectivity index (χ2v) is 7.60. The first-order valence-electron chi connectivity index (χ1n) is 8.49. The summed E-state index contributed by atoms with van der Waals surface area (Å²) in [6.45, 7) is 7.66. The lowest BCUT2D eigenvalue weighted by Gasteiger charge is -2.15. The van der Waals surface area contributed by atoms with Crippen molar-refractivity contribution in [1.82, 2.24) is 20.1 Å². The number of furan rings is 1. The molecule has 3 aromatic rings. The number of thioether (sulfide) groups is 1. The van der Waals surface area contributed by atoms with E-state index in [-0.39, 0.29) is 17.2 Å². The molecule has 1 atom stereocenters. The van der Waals surface area contributed by atoms with Crippen LogP contribution in [0.15, 0.2) is 52.2 Å². The Morgan fingerprint density at radius 2 is 1.88 bits per heavy atom. The number of amides is 1. The average Bonchev–Trinajstić information content (AvgIpc) is 3.20. The predicted molar refractivity (Wildman–Crippen MR) is 102 cm³/mol. The third-order valence-corrected chi connectivity index (χ3v) is 4.87. The molecule has 0 radical (unpaired) electrons. The number of aromatic nitrogens is 3. The number of benzene rings is 1.